The Balaban J connectivity index is 2.23. The highest BCUT2D eigenvalue weighted by Crippen LogP contribution is 2.23. The summed E-state index contributed by atoms with van der Waals surface area (Å²) in [6.45, 7) is 1.81. The number of halogens is 1. The monoisotopic (exact) mass is 352 g/mol. The first-order chi connectivity index (χ1) is 10.8. The minimum atomic E-state index is -3.47. The first-order valence-electron chi connectivity index (χ1n) is 6.90. The molecule has 2 rings (SSSR count). The topological polar surface area (TPSA) is 75.3 Å². The standard InChI is InChI=1S/C16H17ClN2O3S/c1-11(12-7-3-5-9-14(12)17)18-16(20)13-8-4-6-10-15(13)19-23(2,21)22/h3-11,19H,1-2H3,(H,18,20). The fraction of sp³-hybridized carbons (Fsp3) is 0.188. The van der Waals surface area contributed by atoms with E-state index in [0.717, 1.165) is 11.8 Å². The number of nitrogens with one attached hydrogen (secondary N) is 2. The summed E-state index contributed by atoms with van der Waals surface area (Å²) in [4.78, 5) is 12.5. The molecule has 1 atom stereocenters. The second-order valence-electron chi connectivity index (χ2n) is 5.14. The molecule has 0 bridgehead atoms. The lowest BCUT2D eigenvalue weighted by Gasteiger charge is -2.17. The van der Waals surface area contributed by atoms with E-state index in [1.807, 2.05) is 25.1 Å². The summed E-state index contributed by atoms with van der Waals surface area (Å²) >= 11 is 6.12. The molecule has 2 N–H and O–H groups in total. The third kappa shape index (κ3) is 4.71. The molecule has 0 heterocycles. The molecule has 23 heavy (non-hydrogen) atoms. The van der Waals surface area contributed by atoms with Gasteiger partial charge in [0.2, 0.25) is 10.0 Å². The molecule has 122 valence electrons. The lowest BCUT2D eigenvalue weighted by Crippen LogP contribution is -2.28. The molecule has 7 heteroatoms. The Morgan fingerprint density at radius 2 is 1.70 bits per heavy atom. The number of para-hydroxylation sites is 1. The zero-order chi connectivity index (χ0) is 17.0. The van der Waals surface area contributed by atoms with E-state index in [-0.39, 0.29) is 23.2 Å². The third-order valence-corrected chi connectivity index (χ3v) is 4.12. The van der Waals surface area contributed by atoms with Gasteiger partial charge < -0.3 is 5.32 Å². The highest BCUT2D eigenvalue weighted by atomic mass is 35.5. The van der Waals surface area contributed by atoms with Gasteiger partial charge in [-0.1, -0.05) is 41.9 Å². The molecular weight excluding hydrogens is 336 g/mol. The summed E-state index contributed by atoms with van der Waals surface area (Å²) < 4.78 is 25.1. The largest absolute Gasteiger partial charge is 0.345 e. The number of hydrogen-bond acceptors (Lipinski definition) is 3. The van der Waals surface area contributed by atoms with Crippen LogP contribution in [0.5, 0.6) is 0 Å². The molecular formula is C16H17ClN2O3S. The number of amides is 1. The molecule has 0 spiro atoms. The Morgan fingerprint density at radius 3 is 2.35 bits per heavy atom. The van der Waals surface area contributed by atoms with Crippen molar-refractivity contribution >= 4 is 33.2 Å². The maximum atomic E-state index is 12.5. The number of anilines is 1. The van der Waals surface area contributed by atoms with Gasteiger partial charge in [0, 0.05) is 5.02 Å². The number of benzene rings is 2. The van der Waals surface area contributed by atoms with E-state index in [4.69, 9.17) is 11.6 Å². The van der Waals surface area contributed by atoms with Crippen molar-refractivity contribution in [3.05, 3.63) is 64.7 Å². The molecule has 0 aliphatic heterocycles. The Bertz CT molecular complexity index is 822. The van der Waals surface area contributed by atoms with Gasteiger partial charge in [-0.05, 0) is 30.7 Å². The van der Waals surface area contributed by atoms with Gasteiger partial charge >= 0.3 is 0 Å². The fourth-order valence-electron chi connectivity index (χ4n) is 2.15. The Morgan fingerprint density at radius 1 is 1.09 bits per heavy atom. The van der Waals surface area contributed by atoms with Crippen LogP contribution in [-0.4, -0.2) is 20.6 Å². The molecule has 0 fully saturated rings. The van der Waals surface area contributed by atoms with Crippen molar-refractivity contribution in [3.63, 3.8) is 0 Å². The van der Waals surface area contributed by atoms with E-state index in [0.29, 0.717) is 5.02 Å². The number of hydrogen-bond donors (Lipinski definition) is 2. The predicted molar refractivity (Wildman–Crippen MR) is 92.2 cm³/mol. The zero-order valence-electron chi connectivity index (χ0n) is 12.7. The van der Waals surface area contributed by atoms with E-state index in [9.17, 15) is 13.2 Å². The van der Waals surface area contributed by atoms with Gasteiger partial charge in [-0.25, -0.2) is 8.42 Å². The number of rotatable bonds is 5. The van der Waals surface area contributed by atoms with Crippen molar-refractivity contribution in [1.82, 2.24) is 5.32 Å². The summed E-state index contributed by atoms with van der Waals surface area (Å²) in [6, 6.07) is 13.3. The summed E-state index contributed by atoms with van der Waals surface area (Å²) in [6.07, 6.45) is 1.04. The Labute approximate surface area is 140 Å². The van der Waals surface area contributed by atoms with E-state index >= 15 is 0 Å². The molecule has 1 unspecified atom stereocenters. The van der Waals surface area contributed by atoms with Crippen molar-refractivity contribution in [2.75, 3.05) is 11.0 Å². The smallest absolute Gasteiger partial charge is 0.253 e. The van der Waals surface area contributed by atoms with Crippen LogP contribution in [0.2, 0.25) is 5.02 Å². The molecule has 0 saturated heterocycles. The molecule has 0 saturated carbocycles. The van der Waals surface area contributed by atoms with Gasteiger partial charge in [-0.2, -0.15) is 0 Å². The highest BCUT2D eigenvalue weighted by Gasteiger charge is 2.17. The minimum absolute atomic E-state index is 0.235. The SMILES string of the molecule is CC(NC(=O)c1ccccc1NS(C)(=O)=O)c1ccccc1Cl. The zero-order valence-corrected chi connectivity index (χ0v) is 14.3. The van der Waals surface area contributed by atoms with E-state index in [1.54, 1.807) is 24.3 Å². The van der Waals surface area contributed by atoms with E-state index in [1.165, 1.54) is 6.07 Å². The Kier molecular flexibility index (Phi) is 5.28. The van der Waals surface area contributed by atoms with E-state index < -0.39 is 10.0 Å². The average Bonchev–Trinajstić information content (AvgIpc) is 2.46. The molecule has 0 aliphatic rings. The van der Waals surface area contributed by atoms with Gasteiger partial charge in [0.05, 0.1) is 23.5 Å². The molecule has 2 aromatic carbocycles. The van der Waals surface area contributed by atoms with Crippen LogP contribution in [0.15, 0.2) is 48.5 Å². The first kappa shape index (κ1) is 17.3. The number of carbonyl (C=O) groups is 1. The molecule has 1 amide bonds. The normalized spacial score (nSPS) is 12.5. The molecule has 2 aromatic rings. The average molecular weight is 353 g/mol. The van der Waals surface area contributed by atoms with Crippen LogP contribution in [0.1, 0.15) is 28.9 Å². The van der Waals surface area contributed by atoms with Gasteiger partial charge in [-0.15, -0.1) is 0 Å². The summed E-state index contributed by atoms with van der Waals surface area (Å²) in [5.74, 6) is -0.385. The van der Waals surface area contributed by atoms with Gasteiger partial charge in [0.15, 0.2) is 0 Å². The third-order valence-electron chi connectivity index (χ3n) is 3.19. The molecule has 5 nitrogen and oxygen atoms in total. The van der Waals surface area contributed by atoms with Crippen molar-refractivity contribution in [2.45, 2.75) is 13.0 Å². The van der Waals surface area contributed by atoms with Crippen LogP contribution >= 0.6 is 11.6 Å². The quantitative estimate of drug-likeness (QED) is 0.867. The predicted octanol–water partition coefficient (Wildman–Crippen LogP) is 3.20. The fourth-order valence-corrected chi connectivity index (χ4v) is 3.03. The van der Waals surface area contributed by atoms with Crippen LogP contribution in [0.3, 0.4) is 0 Å². The molecule has 0 aromatic heterocycles. The van der Waals surface area contributed by atoms with Crippen LogP contribution in [0.25, 0.3) is 0 Å². The van der Waals surface area contributed by atoms with Crippen molar-refractivity contribution in [2.24, 2.45) is 0 Å². The van der Waals surface area contributed by atoms with Crippen LogP contribution in [0.4, 0.5) is 5.69 Å². The lowest BCUT2D eigenvalue weighted by atomic mass is 10.1. The second-order valence-corrected chi connectivity index (χ2v) is 7.29. The first-order valence-corrected chi connectivity index (χ1v) is 9.17. The lowest BCUT2D eigenvalue weighted by molar-refractivity contribution is 0.0941. The highest BCUT2D eigenvalue weighted by molar-refractivity contribution is 7.92. The maximum Gasteiger partial charge on any atom is 0.253 e. The van der Waals surface area contributed by atoms with Crippen molar-refractivity contribution < 1.29 is 13.2 Å². The van der Waals surface area contributed by atoms with Crippen LogP contribution in [0, 0.1) is 0 Å². The molecule has 0 aliphatic carbocycles. The van der Waals surface area contributed by atoms with Crippen molar-refractivity contribution in [3.8, 4) is 0 Å². The van der Waals surface area contributed by atoms with Gasteiger partial charge in [0.1, 0.15) is 0 Å². The van der Waals surface area contributed by atoms with Crippen molar-refractivity contribution in [1.29, 1.82) is 0 Å². The van der Waals surface area contributed by atoms with Gasteiger partial charge in [-0.3, -0.25) is 9.52 Å². The summed E-state index contributed by atoms with van der Waals surface area (Å²) in [7, 11) is -3.47. The minimum Gasteiger partial charge on any atom is -0.345 e. The summed E-state index contributed by atoms with van der Waals surface area (Å²) in [5.41, 5.74) is 1.27. The molecule has 0 radical (unpaired) electrons. The van der Waals surface area contributed by atoms with Gasteiger partial charge in [0.25, 0.3) is 5.91 Å². The maximum absolute atomic E-state index is 12.5. The van der Waals surface area contributed by atoms with E-state index in [2.05, 4.69) is 10.0 Å². The number of carbonyl (C=O) groups excluding carboxylic acids is 1. The van der Waals surface area contributed by atoms with Crippen LogP contribution < -0.4 is 10.0 Å². The second kappa shape index (κ2) is 7.02. The number of sulfonamides is 1. The summed E-state index contributed by atoms with van der Waals surface area (Å²) in [5, 5.41) is 3.38. The Hall–Kier alpha value is -2.05. The van der Waals surface area contributed by atoms with Crippen LogP contribution in [-0.2, 0) is 10.0 Å².